The lowest BCUT2D eigenvalue weighted by Crippen LogP contribution is -2.16. The molecule has 0 aliphatic rings. The van der Waals surface area contributed by atoms with Gasteiger partial charge < -0.3 is 5.32 Å². The minimum atomic E-state index is -0.212. The first-order valence-corrected chi connectivity index (χ1v) is 6.51. The molecule has 0 aliphatic heterocycles. The summed E-state index contributed by atoms with van der Waals surface area (Å²) in [5, 5.41) is 8.08. The molecule has 19 heavy (non-hydrogen) atoms. The molecule has 0 spiro atoms. The van der Waals surface area contributed by atoms with Crippen molar-refractivity contribution in [2.45, 2.75) is 26.8 Å². The van der Waals surface area contributed by atoms with E-state index in [4.69, 9.17) is 11.6 Å². The Hall–Kier alpha value is -1.39. The van der Waals surface area contributed by atoms with Crippen molar-refractivity contribution in [1.82, 2.24) is 15.1 Å². The second-order valence-electron chi connectivity index (χ2n) is 4.68. The Bertz CT molecular complexity index is 587. The lowest BCUT2D eigenvalue weighted by Gasteiger charge is -2.17. The number of hydrogen-bond acceptors (Lipinski definition) is 2. The molecule has 2 aromatic rings. The molecule has 5 heteroatoms. The van der Waals surface area contributed by atoms with E-state index in [0.717, 1.165) is 16.9 Å². The maximum atomic E-state index is 13.8. The standard InChI is InChI=1S/C14H17ClFN3/c1-8-5-14(19-7-12(15)10(3)18-19)11(6-13(8)16)9(2)17-4/h5-7,9,17H,1-4H3. The highest BCUT2D eigenvalue weighted by Crippen LogP contribution is 2.26. The monoisotopic (exact) mass is 281 g/mol. The summed E-state index contributed by atoms with van der Waals surface area (Å²) in [6, 6.07) is 3.37. The van der Waals surface area contributed by atoms with Gasteiger partial charge in [-0.1, -0.05) is 11.6 Å². The zero-order chi connectivity index (χ0) is 14.2. The predicted molar refractivity (Wildman–Crippen MR) is 75.5 cm³/mol. The molecule has 1 aromatic carbocycles. The second-order valence-corrected chi connectivity index (χ2v) is 5.08. The fourth-order valence-electron chi connectivity index (χ4n) is 1.94. The highest BCUT2D eigenvalue weighted by molar-refractivity contribution is 6.31. The molecule has 0 saturated heterocycles. The van der Waals surface area contributed by atoms with Gasteiger partial charge in [-0.15, -0.1) is 0 Å². The van der Waals surface area contributed by atoms with Crippen LogP contribution >= 0.6 is 11.6 Å². The molecule has 1 atom stereocenters. The summed E-state index contributed by atoms with van der Waals surface area (Å²) in [5.74, 6) is -0.212. The van der Waals surface area contributed by atoms with E-state index in [0.29, 0.717) is 10.6 Å². The van der Waals surface area contributed by atoms with E-state index in [1.54, 1.807) is 29.9 Å². The van der Waals surface area contributed by atoms with Crippen LogP contribution in [0.1, 0.15) is 29.8 Å². The molecule has 0 bridgehead atoms. The van der Waals surface area contributed by atoms with Gasteiger partial charge in [0.2, 0.25) is 0 Å². The summed E-state index contributed by atoms with van der Waals surface area (Å²) in [4.78, 5) is 0. The van der Waals surface area contributed by atoms with Gasteiger partial charge in [-0.05, 0) is 51.1 Å². The second kappa shape index (κ2) is 5.31. The Kier molecular flexibility index (Phi) is 3.92. The van der Waals surface area contributed by atoms with Gasteiger partial charge in [-0.3, -0.25) is 0 Å². The van der Waals surface area contributed by atoms with E-state index >= 15 is 0 Å². The quantitative estimate of drug-likeness (QED) is 0.932. The lowest BCUT2D eigenvalue weighted by molar-refractivity contribution is 0.597. The number of aromatic nitrogens is 2. The number of halogens is 2. The van der Waals surface area contributed by atoms with E-state index < -0.39 is 0 Å². The van der Waals surface area contributed by atoms with E-state index in [1.807, 2.05) is 20.9 Å². The molecule has 0 fully saturated rings. The molecule has 1 N–H and O–H groups in total. The third-order valence-corrected chi connectivity index (χ3v) is 3.66. The summed E-state index contributed by atoms with van der Waals surface area (Å²) < 4.78 is 15.5. The van der Waals surface area contributed by atoms with Gasteiger partial charge in [0, 0.05) is 12.2 Å². The number of aryl methyl sites for hydroxylation is 2. The van der Waals surface area contributed by atoms with E-state index in [1.165, 1.54) is 0 Å². The summed E-state index contributed by atoms with van der Waals surface area (Å²) in [7, 11) is 1.84. The van der Waals surface area contributed by atoms with Crippen molar-refractivity contribution in [3.63, 3.8) is 0 Å². The van der Waals surface area contributed by atoms with Crippen molar-refractivity contribution in [1.29, 1.82) is 0 Å². The van der Waals surface area contributed by atoms with Gasteiger partial charge in [-0.2, -0.15) is 5.10 Å². The summed E-state index contributed by atoms with van der Waals surface area (Å²) in [5.41, 5.74) is 3.04. The van der Waals surface area contributed by atoms with Gasteiger partial charge in [0.1, 0.15) is 5.82 Å². The van der Waals surface area contributed by atoms with Crippen LogP contribution in [0.5, 0.6) is 0 Å². The SMILES string of the molecule is CNC(C)c1cc(F)c(C)cc1-n1cc(Cl)c(C)n1. The Morgan fingerprint density at radius 2 is 2.05 bits per heavy atom. The number of nitrogens with zero attached hydrogens (tertiary/aromatic N) is 2. The summed E-state index contributed by atoms with van der Waals surface area (Å²) in [6.45, 7) is 5.56. The molecule has 1 heterocycles. The lowest BCUT2D eigenvalue weighted by atomic mass is 10.0. The van der Waals surface area contributed by atoms with Gasteiger partial charge in [0.25, 0.3) is 0 Å². The molecular weight excluding hydrogens is 265 g/mol. The van der Waals surface area contributed by atoms with Gasteiger partial charge in [0.05, 0.1) is 16.4 Å². The summed E-state index contributed by atoms with van der Waals surface area (Å²) in [6.07, 6.45) is 1.75. The first-order chi connectivity index (χ1) is 8.93. The molecule has 0 saturated carbocycles. The Morgan fingerprint density at radius 3 is 2.58 bits per heavy atom. The Labute approximate surface area is 117 Å². The Balaban J connectivity index is 2.63. The first-order valence-electron chi connectivity index (χ1n) is 6.13. The van der Waals surface area contributed by atoms with Crippen LogP contribution in [0.25, 0.3) is 5.69 Å². The minimum Gasteiger partial charge on any atom is -0.313 e. The number of hydrogen-bond donors (Lipinski definition) is 1. The van der Waals surface area contributed by atoms with Crippen molar-refractivity contribution in [2.75, 3.05) is 7.05 Å². The van der Waals surface area contributed by atoms with Crippen molar-refractivity contribution in [3.05, 3.63) is 46.0 Å². The highest BCUT2D eigenvalue weighted by Gasteiger charge is 2.15. The third kappa shape index (κ3) is 2.65. The smallest absolute Gasteiger partial charge is 0.126 e. The maximum Gasteiger partial charge on any atom is 0.126 e. The van der Waals surface area contributed by atoms with Crippen molar-refractivity contribution >= 4 is 11.6 Å². The topological polar surface area (TPSA) is 29.9 Å². The zero-order valence-electron chi connectivity index (χ0n) is 11.5. The van der Waals surface area contributed by atoms with Crippen LogP contribution in [0.4, 0.5) is 4.39 Å². The van der Waals surface area contributed by atoms with Crippen LogP contribution in [-0.2, 0) is 0 Å². The van der Waals surface area contributed by atoms with Crippen molar-refractivity contribution in [3.8, 4) is 5.69 Å². The number of benzene rings is 1. The van der Waals surface area contributed by atoms with Crippen LogP contribution in [0, 0.1) is 19.7 Å². The van der Waals surface area contributed by atoms with Crippen LogP contribution in [0.2, 0.25) is 5.02 Å². The molecule has 0 aliphatic carbocycles. The van der Waals surface area contributed by atoms with Gasteiger partial charge in [-0.25, -0.2) is 9.07 Å². The van der Waals surface area contributed by atoms with Crippen molar-refractivity contribution < 1.29 is 4.39 Å². The largest absolute Gasteiger partial charge is 0.313 e. The molecular formula is C14H17ClFN3. The third-order valence-electron chi connectivity index (χ3n) is 3.29. The molecule has 102 valence electrons. The molecule has 0 amide bonds. The zero-order valence-corrected chi connectivity index (χ0v) is 12.2. The molecule has 1 unspecified atom stereocenters. The number of nitrogens with one attached hydrogen (secondary N) is 1. The molecule has 0 radical (unpaired) electrons. The minimum absolute atomic E-state index is 0.0216. The molecule has 3 nitrogen and oxygen atoms in total. The normalized spacial score (nSPS) is 12.7. The van der Waals surface area contributed by atoms with Crippen LogP contribution in [-0.4, -0.2) is 16.8 Å². The van der Waals surface area contributed by atoms with E-state index in [2.05, 4.69) is 10.4 Å². The Morgan fingerprint density at radius 1 is 1.37 bits per heavy atom. The predicted octanol–water partition coefficient (Wildman–Crippen LogP) is 3.56. The van der Waals surface area contributed by atoms with E-state index in [9.17, 15) is 4.39 Å². The maximum absolute atomic E-state index is 13.8. The van der Waals surface area contributed by atoms with Crippen molar-refractivity contribution in [2.24, 2.45) is 0 Å². The summed E-state index contributed by atoms with van der Waals surface area (Å²) >= 11 is 6.04. The average molecular weight is 282 g/mol. The average Bonchev–Trinajstić information content (AvgIpc) is 2.71. The number of rotatable bonds is 3. The van der Waals surface area contributed by atoms with Crippen LogP contribution in [0.3, 0.4) is 0 Å². The van der Waals surface area contributed by atoms with Gasteiger partial charge >= 0.3 is 0 Å². The fraction of sp³-hybridized carbons (Fsp3) is 0.357. The molecule has 1 aromatic heterocycles. The van der Waals surface area contributed by atoms with Crippen LogP contribution < -0.4 is 5.32 Å². The molecule has 2 rings (SSSR count). The van der Waals surface area contributed by atoms with Gasteiger partial charge in [0.15, 0.2) is 0 Å². The van der Waals surface area contributed by atoms with E-state index in [-0.39, 0.29) is 11.9 Å². The highest BCUT2D eigenvalue weighted by atomic mass is 35.5. The fourth-order valence-corrected chi connectivity index (χ4v) is 2.08. The first kappa shape index (κ1) is 14.0. The van der Waals surface area contributed by atoms with Crippen LogP contribution in [0.15, 0.2) is 18.3 Å².